The van der Waals surface area contributed by atoms with Crippen LogP contribution in [-0.2, 0) is 4.79 Å². The molecule has 3 nitrogen and oxygen atoms in total. The minimum Gasteiger partial charge on any atom is -0.268 e. The van der Waals surface area contributed by atoms with Crippen LogP contribution in [0.2, 0.25) is 5.02 Å². The summed E-state index contributed by atoms with van der Waals surface area (Å²) in [5.41, 5.74) is 0.866. The molecular formula is C14H14ClNO2S. The number of unbranched alkanes of at least 4 members (excludes halogenated alkanes) is 1. The molecule has 0 atom stereocenters. The second-order valence-electron chi connectivity index (χ2n) is 4.24. The van der Waals surface area contributed by atoms with E-state index in [1.165, 1.54) is 4.90 Å². The van der Waals surface area contributed by atoms with Crippen LogP contribution in [0.1, 0.15) is 25.3 Å². The van der Waals surface area contributed by atoms with Crippen LogP contribution in [0.3, 0.4) is 0 Å². The third-order valence-corrected chi connectivity index (χ3v) is 3.94. The molecule has 0 aromatic heterocycles. The van der Waals surface area contributed by atoms with Gasteiger partial charge in [0.1, 0.15) is 0 Å². The van der Waals surface area contributed by atoms with Crippen LogP contribution >= 0.6 is 23.4 Å². The van der Waals surface area contributed by atoms with Crippen molar-refractivity contribution in [3.63, 3.8) is 0 Å². The molecular weight excluding hydrogens is 282 g/mol. The van der Waals surface area contributed by atoms with Crippen LogP contribution < -0.4 is 0 Å². The standard InChI is InChI=1S/C14H14ClNO2S/c1-2-3-8-16-13(17)12(19-14(16)18)9-10-4-6-11(15)7-5-10/h4-7,9H,2-3,8H2,1H3. The van der Waals surface area contributed by atoms with Gasteiger partial charge in [0.15, 0.2) is 0 Å². The Kier molecular flexibility index (Phi) is 4.66. The Morgan fingerprint density at radius 1 is 1.26 bits per heavy atom. The highest BCUT2D eigenvalue weighted by Crippen LogP contribution is 2.32. The van der Waals surface area contributed by atoms with Crippen LogP contribution in [-0.4, -0.2) is 22.6 Å². The molecule has 1 saturated heterocycles. The van der Waals surface area contributed by atoms with E-state index >= 15 is 0 Å². The summed E-state index contributed by atoms with van der Waals surface area (Å²) >= 11 is 6.80. The molecule has 0 saturated carbocycles. The molecule has 0 N–H and O–H groups in total. The smallest absolute Gasteiger partial charge is 0.268 e. The van der Waals surface area contributed by atoms with Gasteiger partial charge in [-0.1, -0.05) is 37.1 Å². The van der Waals surface area contributed by atoms with E-state index in [1.807, 2.05) is 19.1 Å². The first-order valence-electron chi connectivity index (χ1n) is 6.12. The van der Waals surface area contributed by atoms with Gasteiger partial charge in [0, 0.05) is 11.6 Å². The van der Waals surface area contributed by atoms with Gasteiger partial charge < -0.3 is 0 Å². The normalized spacial score (nSPS) is 17.6. The molecule has 100 valence electrons. The summed E-state index contributed by atoms with van der Waals surface area (Å²) in [6, 6.07) is 7.16. The zero-order valence-electron chi connectivity index (χ0n) is 10.6. The topological polar surface area (TPSA) is 37.4 Å². The van der Waals surface area contributed by atoms with E-state index in [0.29, 0.717) is 16.5 Å². The van der Waals surface area contributed by atoms with E-state index in [1.54, 1.807) is 18.2 Å². The lowest BCUT2D eigenvalue weighted by molar-refractivity contribution is -0.122. The van der Waals surface area contributed by atoms with Crippen LogP contribution in [0.5, 0.6) is 0 Å². The summed E-state index contributed by atoms with van der Waals surface area (Å²) in [5, 5.41) is 0.465. The second kappa shape index (κ2) is 6.26. The van der Waals surface area contributed by atoms with Crippen LogP contribution in [0.4, 0.5) is 4.79 Å². The zero-order chi connectivity index (χ0) is 13.8. The molecule has 0 unspecified atom stereocenters. The average molecular weight is 296 g/mol. The fourth-order valence-electron chi connectivity index (χ4n) is 1.72. The molecule has 1 aliphatic rings. The van der Waals surface area contributed by atoms with Crippen molar-refractivity contribution in [2.45, 2.75) is 19.8 Å². The Morgan fingerprint density at radius 2 is 1.95 bits per heavy atom. The Hall–Kier alpha value is -1.26. The Labute approximate surface area is 121 Å². The van der Waals surface area contributed by atoms with Gasteiger partial charge in [-0.05, 0) is 42.0 Å². The van der Waals surface area contributed by atoms with Crippen molar-refractivity contribution in [2.24, 2.45) is 0 Å². The van der Waals surface area contributed by atoms with Crippen LogP contribution in [0.15, 0.2) is 29.2 Å². The van der Waals surface area contributed by atoms with Gasteiger partial charge in [0.25, 0.3) is 11.1 Å². The van der Waals surface area contributed by atoms with E-state index in [2.05, 4.69) is 0 Å². The number of thioether (sulfide) groups is 1. The molecule has 1 heterocycles. The van der Waals surface area contributed by atoms with Crippen LogP contribution in [0, 0.1) is 0 Å². The number of carbonyl (C=O) groups is 2. The van der Waals surface area contributed by atoms with Crippen LogP contribution in [0.25, 0.3) is 6.08 Å². The van der Waals surface area contributed by atoms with Crippen molar-refractivity contribution < 1.29 is 9.59 Å². The van der Waals surface area contributed by atoms with Gasteiger partial charge >= 0.3 is 0 Å². The van der Waals surface area contributed by atoms with Crippen molar-refractivity contribution in [1.82, 2.24) is 4.90 Å². The Morgan fingerprint density at radius 3 is 2.58 bits per heavy atom. The van der Waals surface area contributed by atoms with Gasteiger partial charge in [-0.3, -0.25) is 14.5 Å². The van der Waals surface area contributed by atoms with Crippen molar-refractivity contribution in [2.75, 3.05) is 6.54 Å². The first-order valence-corrected chi connectivity index (χ1v) is 7.32. The Bertz CT molecular complexity index is 525. The van der Waals surface area contributed by atoms with Crippen molar-refractivity contribution in [1.29, 1.82) is 0 Å². The molecule has 19 heavy (non-hydrogen) atoms. The largest absolute Gasteiger partial charge is 0.293 e. The van der Waals surface area contributed by atoms with E-state index < -0.39 is 0 Å². The molecule has 2 rings (SSSR count). The molecule has 1 aromatic rings. The number of carbonyl (C=O) groups excluding carboxylic acids is 2. The second-order valence-corrected chi connectivity index (χ2v) is 5.67. The monoisotopic (exact) mass is 295 g/mol. The number of nitrogens with zero attached hydrogens (tertiary/aromatic N) is 1. The lowest BCUT2D eigenvalue weighted by Gasteiger charge is -2.10. The number of imide groups is 1. The van der Waals surface area contributed by atoms with Gasteiger partial charge in [0.2, 0.25) is 0 Å². The number of amides is 2. The van der Waals surface area contributed by atoms with Gasteiger partial charge in [-0.2, -0.15) is 0 Å². The van der Waals surface area contributed by atoms with Gasteiger partial charge in [-0.25, -0.2) is 0 Å². The van der Waals surface area contributed by atoms with E-state index in [0.717, 1.165) is 30.2 Å². The van der Waals surface area contributed by atoms with E-state index in [9.17, 15) is 9.59 Å². The molecule has 0 bridgehead atoms. The molecule has 0 aliphatic carbocycles. The van der Waals surface area contributed by atoms with E-state index in [-0.39, 0.29) is 11.1 Å². The molecule has 5 heteroatoms. The lowest BCUT2D eigenvalue weighted by Crippen LogP contribution is -2.29. The molecule has 0 radical (unpaired) electrons. The predicted molar refractivity (Wildman–Crippen MR) is 79.0 cm³/mol. The van der Waals surface area contributed by atoms with Crippen molar-refractivity contribution >= 4 is 40.6 Å². The maximum atomic E-state index is 12.1. The summed E-state index contributed by atoms with van der Waals surface area (Å²) in [5.74, 6) is -0.196. The highest BCUT2D eigenvalue weighted by atomic mass is 35.5. The number of halogens is 1. The summed E-state index contributed by atoms with van der Waals surface area (Å²) in [6.45, 7) is 2.53. The molecule has 1 aliphatic heterocycles. The molecule has 1 aromatic carbocycles. The zero-order valence-corrected chi connectivity index (χ0v) is 12.1. The quantitative estimate of drug-likeness (QED) is 0.782. The number of hydrogen-bond donors (Lipinski definition) is 0. The number of hydrogen-bond acceptors (Lipinski definition) is 3. The lowest BCUT2D eigenvalue weighted by atomic mass is 10.2. The summed E-state index contributed by atoms with van der Waals surface area (Å²) in [6.07, 6.45) is 3.53. The highest BCUT2D eigenvalue weighted by molar-refractivity contribution is 8.18. The van der Waals surface area contributed by atoms with Gasteiger partial charge in [0.05, 0.1) is 4.91 Å². The van der Waals surface area contributed by atoms with Gasteiger partial charge in [-0.15, -0.1) is 0 Å². The summed E-state index contributed by atoms with van der Waals surface area (Å²) in [4.78, 5) is 25.6. The summed E-state index contributed by atoms with van der Waals surface area (Å²) in [7, 11) is 0. The minimum absolute atomic E-state index is 0.182. The third-order valence-electron chi connectivity index (χ3n) is 2.78. The van der Waals surface area contributed by atoms with Crippen molar-refractivity contribution in [3.05, 3.63) is 39.8 Å². The maximum Gasteiger partial charge on any atom is 0.293 e. The SMILES string of the molecule is CCCCN1C(=O)SC(=Cc2ccc(Cl)cc2)C1=O. The molecule has 0 spiro atoms. The number of benzene rings is 1. The predicted octanol–water partition coefficient (Wildman–Crippen LogP) is 4.18. The fourth-order valence-corrected chi connectivity index (χ4v) is 2.71. The summed E-state index contributed by atoms with van der Waals surface area (Å²) < 4.78 is 0. The molecule has 1 fully saturated rings. The first kappa shape index (κ1) is 14.2. The third kappa shape index (κ3) is 3.39. The van der Waals surface area contributed by atoms with E-state index in [4.69, 9.17) is 11.6 Å². The highest BCUT2D eigenvalue weighted by Gasteiger charge is 2.34. The average Bonchev–Trinajstić information content (AvgIpc) is 2.65. The minimum atomic E-state index is -0.196. The number of rotatable bonds is 4. The molecule has 2 amide bonds. The fraction of sp³-hybridized carbons (Fsp3) is 0.286. The maximum absolute atomic E-state index is 12.1. The first-order chi connectivity index (χ1) is 9.11. The Balaban J connectivity index is 2.16. The van der Waals surface area contributed by atoms with Crippen molar-refractivity contribution in [3.8, 4) is 0 Å².